The van der Waals surface area contributed by atoms with Gasteiger partial charge in [0.1, 0.15) is 0 Å². The second-order valence-electron chi connectivity index (χ2n) is 3.16. The fourth-order valence-corrected chi connectivity index (χ4v) is 3.04. The fraction of sp³-hybridized carbons (Fsp3) is 0.800. The van der Waals surface area contributed by atoms with Gasteiger partial charge < -0.3 is 30.0 Å². The van der Waals surface area contributed by atoms with Gasteiger partial charge in [-0.05, 0) is 6.92 Å². The highest BCUT2D eigenvalue weighted by molar-refractivity contribution is 7.72. The first-order valence-electron chi connectivity index (χ1n) is 4.04. The molecule has 0 saturated carbocycles. The van der Waals surface area contributed by atoms with E-state index >= 15 is 0 Å². The molecule has 0 aromatic rings. The molecule has 11 heteroatoms. The van der Waals surface area contributed by atoms with E-state index in [1.54, 1.807) is 0 Å². The molecule has 0 heterocycles. The van der Waals surface area contributed by atoms with Crippen molar-refractivity contribution in [2.45, 2.75) is 18.4 Å². The van der Waals surface area contributed by atoms with E-state index in [4.69, 9.17) is 25.0 Å². The summed E-state index contributed by atoms with van der Waals surface area (Å²) in [5.41, 5.74) is 0. The Kier molecular flexibility index (Phi) is 4.85. The molecule has 0 aromatic heterocycles. The van der Waals surface area contributed by atoms with Crippen molar-refractivity contribution in [1.29, 1.82) is 5.41 Å². The number of aliphatic hydroxyl groups is 1. The third kappa shape index (κ3) is 3.64. The monoisotopic (exact) mass is 276 g/mol. The Balaban J connectivity index is 4.93. The van der Waals surface area contributed by atoms with E-state index in [1.807, 2.05) is 0 Å². The maximum atomic E-state index is 10.8. The van der Waals surface area contributed by atoms with Gasteiger partial charge in [-0.2, -0.15) is 0 Å². The number of hydrogen-bond acceptors (Lipinski definition) is 4. The van der Waals surface area contributed by atoms with E-state index in [0.717, 1.165) is 0 Å². The van der Waals surface area contributed by atoms with Crippen molar-refractivity contribution in [2.75, 3.05) is 6.54 Å². The van der Waals surface area contributed by atoms with E-state index in [2.05, 4.69) is 5.32 Å². The van der Waals surface area contributed by atoms with E-state index < -0.39 is 26.7 Å². The minimum atomic E-state index is -5.39. The topological polar surface area (TPSA) is 171 Å². The van der Waals surface area contributed by atoms with Crippen LogP contribution in [0.3, 0.4) is 0 Å². The molecule has 0 saturated heterocycles. The van der Waals surface area contributed by atoms with Gasteiger partial charge in [0.25, 0.3) is 5.08 Å². The minimum absolute atomic E-state index is 0.0567. The third-order valence-corrected chi connectivity index (χ3v) is 5.66. The zero-order valence-corrected chi connectivity index (χ0v) is 10.2. The molecule has 0 aliphatic rings. The van der Waals surface area contributed by atoms with Crippen molar-refractivity contribution in [1.82, 2.24) is 5.32 Å². The predicted octanol–water partition coefficient (Wildman–Crippen LogP) is -1.04. The first kappa shape index (κ1) is 15.7. The van der Waals surface area contributed by atoms with Crippen LogP contribution < -0.4 is 5.32 Å². The summed E-state index contributed by atoms with van der Waals surface area (Å²) in [6.07, 6.45) is -0.877. The van der Waals surface area contributed by atoms with E-state index in [9.17, 15) is 14.2 Å². The quantitative estimate of drug-likeness (QED) is 0.189. The third-order valence-electron chi connectivity index (χ3n) is 1.78. The van der Waals surface area contributed by atoms with Crippen LogP contribution in [0.4, 0.5) is 0 Å². The lowest BCUT2D eigenvalue weighted by atomic mass is 10.4. The van der Waals surface area contributed by atoms with Gasteiger partial charge in [0.2, 0.25) is 0 Å². The van der Waals surface area contributed by atoms with Gasteiger partial charge in [0.05, 0.1) is 5.84 Å². The molecule has 0 unspecified atom stereocenters. The molecule has 7 N–H and O–H groups in total. The minimum Gasteiger partial charge on any atom is -0.374 e. The second-order valence-corrected chi connectivity index (χ2v) is 7.17. The van der Waals surface area contributed by atoms with E-state index in [-0.39, 0.29) is 12.4 Å². The molecule has 0 radical (unpaired) electrons. The smallest absolute Gasteiger partial charge is 0.369 e. The lowest BCUT2D eigenvalue weighted by Gasteiger charge is -2.29. The van der Waals surface area contributed by atoms with Crippen LogP contribution in [-0.2, 0) is 9.13 Å². The molecule has 96 valence electrons. The molecule has 0 rings (SSSR count). The summed E-state index contributed by atoms with van der Waals surface area (Å²) < 4.78 is 21.7. The molecule has 16 heavy (non-hydrogen) atoms. The predicted molar refractivity (Wildman–Crippen MR) is 55.1 cm³/mol. The maximum Gasteiger partial charge on any atom is 0.369 e. The lowest BCUT2D eigenvalue weighted by Crippen LogP contribution is -2.34. The Morgan fingerprint density at radius 3 is 1.88 bits per heavy atom. The second kappa shape index (κ2) is 4.93. The lowest BCUT2D eigenvalue weighted by molar-refractivity contribution is 0.124. The van der Waals surface area contributed by atoms with Crippen molar-refractivity contribution >= 4 is 21.0 Å². The Hall–Kier alpha value is -0.270. The number of nitrogens with one attached hydrogen (secondary N) is 2. The molecular formula is C5H14N2O7P2. The first-order valence-corrected chi connectivity index (χ1v) is 7.27. The highest BCUT2D eigenvalue weighted by Crippen LogP contribution is 2.68. The highest BCUT2D eigenvalue weighted by atomic mass is 31.2. The summed E-state index contributed by atoms with van der Waals surface area (Å²) in [6, 6.07) is 0. The molecule has 0 aliphatic carbocycles. The molecule has 9 nitrogen and oxygen atoms in total. The molecule has 0 aliphatic heterocycles. The largest absolute Gasteiger partial charge is 0.374 e. The van der Waals surface area contributed by atoms with Gasteiger partial charge in [-0.25, -0.2) is 0 Å². The normalized spacial score (nSPS) is 13.6. The number of amidine groups is 1. The van der Waals surface area contributed by atoms with Crippen LogP contribution >= 0.6 is 15.2 Å². The van der Waals surface area contributed by atoms with Crippen LogP contribution in [0.2, 0.25) is 0 Å². The van der Waals surface area contributed by atoms with Crippen LogP contribution in [-0.4, -0.2) is 42.1 Å². The standard InChI is InChI=1S/C5H14N2O7P2/c1-4(6)7-3-2-5(8,15(9,10)11)16(12,13)14/h8H,2-3H2,1H3,(H2,6,7)(H2,9,10,11)(H2,12,13,14). The molecule has 0 amide bonds. The van der Waals surface area contributed by atoms with Crippen molar-refractivity contribution in [3.05, 3.63) is 0 Å². The summed E-state index contributed by atoms with van der Waals surface area (Å²) in [6.45, 7) is 0.982. The van der Waals surface area contributed by atoms with Gasteiger partial charge in [0.15, 0.2) is 0 Å². The summed E-state index contributed by atoms with van der Waals surface area (Å²) in [5.74, 6) is -0.0567. The van der Waals surface area contributed by atoms with Crippen LogP contribution in [0.1, 0.15) is 13.3 Å². The van der Waals surface area contributed by atoms with Crippen molar-refractivity contribution in [2.24, 2.45) is 0 Å². The van der Waals surface area contributed by atoms with Crippen LogP contribution in [0.25, 0.3) is 0 Å². The van der Waals surface area contributed by atoms with Crippen LogP contribution in [0.5, 0.6) is 0 Å². The molecule has 0 fully saturated rings. The van der Waals surface area contributed by atoms with Crippen molar-refractivity contribution in [3.63, 3.8) is 0 Å². The Morgan fingerprint density at radius 1 is 1.25 bits per heavy atom. The van der Waals surface area contributed by atoms with Gasteiger partial charge in [0, 0.05) is 13.0 Å². The Bertz CT molecular complexity index is 336. The van der Waals surface area contributed by atoms with Crippen LogP contribution in [0, 0.1) is 5.41 Å². The summed E-state index contributed by atoms with van der Waals surface area (Å²) in [4.78, 5) is 34.9. The SMILES string of the molecule is CC(=N)NCCC(O)(P(=O)(O)O)P(=O)(O)O. The Labute approximate surface area is 91.3 Å². The molecule has 0 spiro atoms. The maximum absolute atomic E-state index is 10.8. The van der Waals surface area contributed by atoms with Gasteiger partial charge in [-0.1, -0.05) is 0 Å². The summed E-state index contributed by atoms with van der Waals surface area (Å²) >= 11 is 0. The molecule has 0 atom stereocenters. The van der Waals surface area contributed by atoms with Crippen molar-refractivity contribution < 1.29 is 33.8 Å². The molecular weight excluding hydrogens is 262 g/mol. The average molecular weight is 276 g/mol. The number of rotatable bonds is 5. The molecule has 0 aromatic carbocycles. The average Bonchev–Trinajstić information content (AvgIpc) is 1.98. The zero-order chi connectivity index (χ0) is 13.2. The van der Waals surface area contributed by atoms with Gasteiger partial charge in [-0.3, -0.25) is 14.5 Å². The highest BCUT2D eigenvalue weighted by Gasteiger charge is 2.58. The zero-order valence-electron chi connectivity index (χ0n) is 8.36. The van der Waals surface area contributed by atoms with Gasteiger partial charge in [-0.15, -0.1) is 0 Å². The van der Waals surface area contributed by atoms with E-state index in [1.165, 1.54) is 6.92 Å². The summed E-state index contributed by atoms with van der Waals surface area (Å²) in [7, 11) is -10.8. The van der Waals surface area contributed by atoms with Crippen LogP contribution in [0.15, 0.2) is 0 Å². The molecule has 0 bridgehead atoms. The Morgan fingerprint density at radius 2 is 1.62 bits per heavy atom. The first-order chi connectivity index (χ1) is 6.92. The fourth-order valence-electron chi connectivity index (χ4n) is 0.879. The van der Waals surface area contributed by atoms with Gasteiger partial charge >= 0.3 is 15.2 Å². The van der Waals surface area contributed by atoms with E-state index in [0.29, 0.717) is 0 Å². The van der Waals surface area contributed by atoms with Crippen molar-refractivity contribution in [3.8, 4) is 0 Å². The summed E-state index contributed by atoms with van der Waals surface area (Å²) in [5, 5.41) is 15.2. The number of hydrogen-bond donors (Lipinski definition) is 7.